The van der Waals surface area contributed by atoms with Crippen molar-refractivity contribution in [1.82, 2.24) is 9.80 Å². The molecule has 2 fully saturated rings. The maximum absolute atomic E-state index is 12.4. The minimum absolute atomic E-state index is 0.144. The summed E-state index contributed by atoms with van der Waals surface area (Å²) in [5, 5.41) is 0. The third kappa shape index (κ3) is 5.94. The summed E-state index contributed by atoms with van der Waals surface area (Å²) in [6.45, 7) is 5.63. The molecule has 2 aliphatic heterocycles. The highest BCUT2D eigenvalue weighted by atomic mass is 32.2. The van der Waals surface area contributed by atoms with Crippen LogP contribution in [0.3, 0.4) is 0 Å². The van der Waals surface area contributed by atoms with E-state index in [1.165, 1.54) is 5.56 Å². The number of carbonyl (C=O) groups is 1. The van der Waals surface area contributed by atoms with Crippen molar-refractivity contribution >= 4 is 15.7 Å². The number of hydrogen-bond acceptors (Lipinski definition) is 5. The molecule has 0 spiro atoms. The topological polar surface area (TPSA) is 66.9 Å². The lowest BCUT2D eigenvalue weighted by atomic mass is 10.1. The molecule has 0 bridgehead atoms. The number of nitrogens with zero attached hydrogens (tertiary/aromatic N) is 2. The Labute approximate surface area is 162 Å². The van der Waals surface area contributed by atoms with Crippen molar-refractivity contribution in [2.75, 3.05) is 44.3 Å². The Morgan fingerprint density at radius 1 is 1.19 bits per heavy atom. The van der Waals surface area contributed by atoms with Gasteiger partial charge in [0.2, 0.25) is 5.91 Å². The Kier molecular flexibility index (Phi) is 6.76. The standard InChI is InChI=1S/C20H30N2O4S/c1-17-5-4-6-19(15-17)26-13-3-2-7-20(23)22-11-9-21(10-12-22)18-8-14-27(24,25)16-18/h4-6,15,18H,2-3,7-14,16H2,1H3. The molecule has 0 aromatic heterocycles. The SMILES string of the molecule is Cc1cccc(OCCCCC(=O)N2CCN(C3CCS(=O)(=O)C3)CC2)c1. The van der Waals surface area contributed by atoms with Crippen LogP contribution in [0.2, 0.25) is 0 Å². The van der Waals surface area contributed by atoms with Crippen LogP contribution in [0.5, 0.6) is 5.75 Å². The number of hydrogen-bond donors (Lipinski definition) is 0. The predicted octanol–water partition coefficient (Wildman–Crippen LogP) is 1.88. The van der Waals surface area contributed by atoms with Crippen molar-refractivity contribution in [2.24, 2.45) is 0 Å². The van der Waals surface area contributed by atoms with E-state index in [4.69, 9.17) is 4.74 Å². The Bertz CT molecular complexity index is 742. The number of amides is 1. The van der Waals surface area contributed by atoms with E-state index in [1.807, 2.05) is 36.1 Å². The van der Waals surface area contributed by atoms with Crippen LogP contribution in [0.25, 0.3) is 0 Å². The molecular formula is C20H30N2O4S. The molecule has 0 aliphatic carbocycles. The largest absolute Gasteiger partial charge is 0.494 e. The second kappa shape index (κ2) is 9.06. The van der Waals surface area contributed by atoms with Gasteiger partial charge in [-0.3, -0.25) is 9.69 Å². The van der Waals surface area contributed by atoms with Crippen LogP contribution in [0.1, 0.15) is 31.2 Å². The minimum Gasteiger partial charge on any atom is -0.494 e. The van der Waals surface area contributed by atoms with Crippen molar-refractivity contribution in [2.45, 2.75) is 38.6 Å². The maximum atomic E-state index is 12.4. The Hall–Kier alpha value is -1.60. The third-order valence-corrected chi connectivity index (χ3v) is 7.19. The molecular weight excluding hydrogens is 364 g/mol. The van der Waals surface area contributed by atoms with E-state index >= 15 is 0 Å². The highest BCUT2D eigenvalue weighted by Crippen LogP contribution is 2.19. The van der Waals surface area contributed by atoms with Gasteiger partial charge in [0.1, 0.15) is 5.75 Å². The molecule has 2 heterocycles. The molecule has 6 nitrogen and oxygen atoms in total. The molecule has 1 aromatic rings. The van der Waals surface area contributed by atoms with Gasteiger partial charge in [0, 0.05) is 38.6 Å². The summed E-state index contributed by atoms with van der Waals surface area (Å²) in [4.78, 5) is 16.5. The van der Waals surface area contributed by atoms with Gasteiger partial charge in [0.25, 0.3) is 0 Å². The first kappa shape index (κ1) is 20.1. The summed E-state index contributed by atoms with van der Waals surface area (Å²) in [5.74, 6) is 1.67. The zero-order valence-electron chi connectivity index (χ0n) is 16.1. The van der Waals surface area contributed by atoms with E-state index in [-0.39, 0.29) is 17.7 Å². The Morgan fingerprint density at radius 3 is 2.63 bits per heavy atom. The first-order chi connectivity index (χ1) is 12.9. The number of unbranched alkanes of at least 4 members (excludes halogenated alkanes) is 1. The highest BCUT2D eigenvalue weighted by molar-refractivity contribution is 7.91. The quantitative estimate of drug-likeness (QED) is 0.661. The van der Waals surface area contributed by atoms with Crippen molar-refractivity contribution in [3.8, 4) is 5.75 Å². The van der Waals surface area contributed by atoms with Crippen molar-refractivity contribution < 1.29 is 17.9 Å². The molecule has 150 valence electrons. The zero-order valence-corrected chi connectivity index (χ0v) is 16.9. The van der Waals surface area contributed by atoms with Gasteiger partial charge >= 0.3 is 0 Å². The van der Waals surface area contributed by atoms with Crippen LogP contribution >= 0.6 is 0 Å². The van der Waals surface area contributed by atoms with Crippen molar-refractivity contribution in [1.29, 1.82) is 0 Å². The maximum Gasteiger partial charge on any atom is 0.222 e. The normalized spacial score (nSPS) is 22.7. The second-order valence-corrected chi connectivity index (χ2v) is 9.82. The van der Waals surface area contributed by atoms with Crippen LogP contribution in [0.15, 0.2) is 24.3 Å². The molecule has 1 aromatic carbocycles. The lowest BCUT2D eigenvalue weighted by molar-refractivity contribution is -0.133. The average molecular weight is 395 g/mol. The van der Waals surface area contributed by atoms with Crippen molar-refractivity contribution in [3.05, 3.63) is 29.8 Å². The van der Waals surface area contributed by atoms with E-state index in [9.17, 15) is 13.2 Å². The fraction of sp³-hybridized carbons (Fsp3) is 0.650. The molecule has 2 aliphatic rings. The summed E-state index contributed by atoms with van der Waals surface area (Å²) in [6.07, 6.45) is 2.97. The summed E-state index contributed by atoms with van der Waals surface area (Å²) >= 11 is 0. The number of aryl methyl sites for hydroxylation is 1. The zero-order chi connectivity index (χ0) is 19.3. The number of ether oxygens (including phenoxy) is 1. The second-order valence-electron chi connectivity index (χ2n) is 7.60. The fourth-order valence-electron chi connectivity index (χ4n) is 3.83. The lowest BCUT2D eigenvalue weighted by Gasteiger charge is -2.37. The summed E-state index contributed by atoms with van der Waals surface area (Å²) in [6, 6.07) is 8.13. The van der Waals surface area contributed by atoms with Crippen LogP contribution in [-0.2, 0) is 14.6 Å². The lowest BCUT2D eigenvalue weighted by Crippen LogP contribution is -2.52. The smallest absolute Gasteiger partial charge is 0.222 e. The molecule has 1 unspecified atom stereocenters. The average Bonchev–Trinajstić information content (AvgIpc) is 3.01. The van der Waals surface area contributed by atoms with E-state index in [1.54, 1.807) is 0 Å². The van der Waals surface area contributed by atoms with Gasteiger partial charge in [-0.05, 0) is 43.9 Å². The van der Waals surface area contributed by atoms with Gasteiger partial charge in [-0.1, -0.05) is 12.1 Å². The van der Waals surface area contributed by atoms with Gasteiger partial charge in [-0.25, -0.2) is 8.42 Å². The van der Waals surface area contributed by atoms with E-state index in [2.05, 4.69) is 4.90 Å². The molecule has 1 amide bonds. The molecule has 2 saturated heterocycles. The van der Waals surface area contributed by atoms with E-state index in [0.29, 0.717) is 31.9 Å². The fourth-order valence-corrected chi connectivity index (χ4v) is 5.59. The first-order valence-corrected chi connectivity index (χ1v) is 11.7. The van der Waals surface area contributed by atoms with Crippen LogP contribution in [0.4, 0.5) is 0 Å². The van der Waals surface area contributed by atoms with Crippen LogP contribution < -0.4 is 4.74 Å². The number of sulfone groups is 1. The third-order valence-electron chi connectivity index (χ3n) is 5.44. The number of piperazine rings is 1. The Balaban J connectivity index is 1.30. The van der Waals surface area contributed by atoms with Crippen LogP contribution in [0, 0.1) is 6.92 Å². The highest BCUT2D eigenvalue weighted by Gasteiger charge is 2.34. The van der Waals surface area contributed by atoms with Crippen LogP contribution in [-0.4, -0.2) is 74.5 Å². The van der Waals surface area contributed by atoms with Gasteiger partial charge in [-0.2, -0.15) is 0 Å². The molecule has 0 saturated carbocycles. The summed E-state index contributed by atoms with van der Waals surface area (Å²) in [7, 11) is -2.85. The van der Waals surface area contributed by atoms with Gasteiger partial charge in [-0.15, -0.1) is 0 Å². The molecule has 7 heteroatoms. The summed E-state index contributed by atoms with van der Waals surface area (Å²) < 4.78 is 29.0. The van der Waals surface area contributed by atoms with E-state index in [0.717, 1.165) is 38.1 Å². The molecule has 0 N–H and O–H groups in total. The monoisotopic (exact) mass is 394 g/mol. The van der Waals surface area contributed by atoms with Gasteiger partial charge in [0.15, 0.2) is 9.84 Å². The molecule has 3 rings (SSSR count). The van der Waals surface area contributed by atoms with Gasteiger partial charge < -0.3 is 9.64 Å². The minimum atomic E-state index is -2.85. The molecule has 1 atom stereocenters. The number of rotatable bonds is 7. The molecule has 0 radical (unpaired) electrons. The first-order valence-electron chi connectivity index (χ1n) is 9.85. The number of carbonyl (C=O) groups excluding carboxylic acids is 1. The predicted molar refractivity (Wildman–Crippen MR) is 106 cm³/mol. The molecule has 27 heavy (non-hydrogen) atoms. The number of benzene rings is 1. The Morgan fingerprint density at radius 2 is 1.96 bits per heavy atom. The van der Waals surface area contributed by atoms with Gasteiger partial charge in [0.05, 0.1) is 18.1 Å². The summed E-state index contributed by atoms with van der Waals surface area (Å²) in [5.41, 5.74) is 1.18. The van der Waals surface area contributed by atoms with Crippen molar-refractivity contribution in [3.63, 3.8) is 0 Å². The van der Waals surface area contributed by atoms with E-state index < -0.39 is 9.84 Å².